The number of pyridine rings is 1. The zero-order chi connectivity index (χ0) is 22.5. The summed E-state index contributed by atoms with van der Waals surface area (Å²) in [4.78, 5) is 42.8. The smallest absolute Gasteiger partial charge is 0.324 e. The Bertz CT molecular complexity index is 1380. The summed E-state index contributed by atoms with van der Waals surface area (Å²) in [6.45, 7) is 7.52. The molecular formula is C22H20N6O3. The van der Waals surface area contributed by atoms with Crippen molar-refractivity contribution in [2.24, 2.45) is 0 Å². The monoisotopic (exact) mass is 416 g/mol. The number of H-pyrrole nitrogens is 1. The summed E-state index contributed by atoms with van der Waals surface area (Å²) in [6.07, 6.45) is 0.549. The second-order valence-corrected chi connectivity index (χ2v) is 8.14. The van der Waals surface area contributed by atoms with E-state index in [2.05, 4.69) is 15.4 Å². The summed E-state index contributed by atoms with van der Waals surface area (Å²) < 4.78 is 1.01. The molecule has 0 saturated heterocycles. The Morgan fingerprint density at radius 2 is 1.81 bits per heavy atom. The van der Waals surface area contributed by atoms with Crippen LogP contribution < -0.4 is 16.6 Å². The first-order chi connectivity index (χ1) is 14.6. The van der Waals surface area contributed by atoms with Crippen LogP contribution in [0.4, 0.5) is 5.69 Å². The standard InChI is InChI=1S/C22H20N6O3/c1-11-7-14(28-21(31)26-19(29)17(10-23)27-28)8-12(2)15(11)9-13-5-6-16-18(24-13)22(3,4)20(30)25-16/h5-8H,9H2,1-4H3,(H,25,30)(H,26,29,31). The molecule has 0 bridgehead atoms. The second kappa shape index (κ2) is 7.02. The number of hydrogen-bond acceptors (Lipinski definition) is 6. The number of carbonyl (C=O) groups is 1. The second-order valence-electron chi connectivity index (χ2n) is 8.14. The molecule has 2 aromatic heterocycles. The van der Waals surface area contributed by atoms with Crippen molar-refractivity contribution in [2.75, 3.05) is 5.32 Å². The van der Waals surface area contributed by atoms with Gasteiger partial charge in [-0.05, 0) is 68.7 Å². The summed E-state index contributed by atoms with van der Waals surface area (Å²) in [5.74, 6) is -0.0700. The van der Waals surface area contributed by atoms with Gasteiger partial charge in [-0.15, -0.1) is 5.10 Å². The molecule has 0 unspecified atom stereocenters. The van der Waals surface area contributed by atoms with Gasteiger partial charge < -0.3 is 5.32 Å². The topological polar surface area (TPSA) is 134 Å². The van der Waals surface area contributed by atoms with Gasteiger partial charge in [0.05, 0.1) is 22.5 Å². The minimum Gasteiger partial charge on any atom is -0.324 e. The Hall–Kier alpha value is -4.06. The molecule has 1 amide bonds. The van der Waals surface area contributed by atoms with Crippen molar-refractivity contribution in [3.63, 3.8) is 0 Å². The number of carbonyl (C=O) groups excluding carboxylic acids is 1. The van der Waals surface area contributed by atoms with Crippen LogP contribution in [0.1, 0.15) is 47.6 Å². The van der Waals surface area contributed by atoms with Gasteiger partial charge in [0.2, 0.25) is 11.6 Å². The molecular weight excluding hydrogens is 396 g/mol. The lowest BCUT2D eigenvalue weighted by molar-refractivity contribution is -0.119. The Kier molecular flexibility index (Phi) is 4.58. The average Bonchev–Trinajstić information content (AvgIpc) is 2.93. The molecule has 0 atom stereocenters. The van der Waals surface area contributed by atoms with E-state index in [9.17, 15) is 14.4 Å². The molecule has 9 nitrogen and oxygen atoms in total. The molecule has 0 aliphatic carbocycles. The molecule has 1 aliphatic heterocycles. The number of amides is 1. The summed E-state index contributed by atoms with van der Waals surface area (Å²) in [5, 5.41) is 15.8. The first-order valence-electron chi connectivity index (χ1n) is 9.68. The fourth-order valence-electron chi connectivity index (χ4n) is 3.76. The van der Waals surface area contributed by atoms with Crippen molar-refractivity contribution in [1.29, 1.82) is 5.26 Å². The maximum atomic E-state index is 12.2. The minimum absolute atomic E-state index is 0.0700. The van der Waals surface area contributed by atoms with Crippen LogP contribution in [0.25, 0.3) is 5.69 Å². The van der Waals surface area contributed by atoms with Crippen LogP contribution in [0.2, 0.25) is 0 Å². The molecule has 1 aliphatic rings. The summed E-state index contributed by atoms with van der Waals surface area (Å²) >= 11 is 0. The lowest BCUT2D eigenvalue weighted by Crippen LogP contribution is -2.33. The van der Waals surface area contributed by atoms with Crippen LogP contribution in [-0.2, 0) is 16.6 Å². The number of nitriles is 1. The van der Waals surface area contributed by atoms with Gasteiger partial charge in [-0.25, -0.2) is 4.79 Å². The molecule has 0 saturated carbocycles. The zero-order valence-electron chi connectivity index (χ0n) is 17.5. The summed E-state index contributed by atoms with van der Waals surface area (Å²) in [5.41, 5.74) is 3.00. The molecule has 0 fully saturated rings. The van der Waals surface area contributed by atoms with E-state index in [1.165, 1.54) is 0 Å². The van der Waals surface area contributed by atoms with Gasteiger partial charge in [0.15, 0.2) is 0 Å². The van der Waals surface area contributed by atoms with E-state index in [4.69, 9.17) is 10.2 Å². The normalized spacial score (nSPS) is 14.1. The number of rotatable bonds is 3. The molecule has 2 N–H and O–H groups in total. The highest BCUT2D eigenvalue weighted by molar-refractivity contribution is 6.04. The quantitative estimate of drug-likeness (QED) is 0.666. The molecule has 156 valence electrons. The van der Waals surface area contributed by atoms with E-state index in [0.717, 1.165) is 38.4 Å². The number of anilines is 1. The fourth-order valence-corrected chi connectivity index (χ4v) is 3.76. The third-order valence-electron chi connectivity index (χ3n) is 5.58. The Balaban J connectivity index is 1.73. The molecule has 9 heteroatoms. The maximum Gasteiger partial charge on any atom is 0.349 e. The number of nitrogens with zero attached hydrogens (tertiary/aromatic N) is 4. The van der Waals surface area contributed by atoms with Gasteiger partial charge in [-0.1, -0.05) is 0 Å². The van der Waals surface area contributed by atoms with Gasteiger partial charge in [0.25, 0.3) is 5.56 Å². The van der Waals surface area contributed by atoms with Crippen LogP contribution in [0.5, 0.6) is 0 Å². The Morgan fingerprint density at radius 1 is 1.13 bits per heavy atom. The molecule has 0 radical (unpaired) electrons. The molecule has 3 aromatic rings. The predicted octanol–water partition coefficient (Wildman–Crippen LogP) is 1.62. The van der Waals surface area contributed by atoms with E-state index in [1.54, 1.807) is 18.2 Å². The molecule has 0 spiro atoms. The van der Waals surface area contributed by atoms with Crippen LogP contribution in [-0.4, -0.2) is 25.7 Å². The molecule has 1 aromatic carbocycles. The number of hydrogen-bond donors (Lipinski definition) is 2. The maximum absolute atomic E-state index is 12.2. The van der Waals surface area contributed by atoms with E-state index >= 15 is 0 Å². The largest absolute Gasteiger partial charge is 0.349 e. The third kappa shape index (κ3) is 3.32. The van der Waals surface area contributed by atoms with Crippen molar-refractivity contribution in [3.05, 3.63) is 78.9 Å². The molecule has 4 rings (SSSR count). The number of aromatic amines is 1. The van der Waals surface area contributed by atoms with Crippen LogP contribution >= 0.6 is 0 Å². The Morgan fingerprint density at radius 3 is 2.45 bits per heavy atom. The summed E-state index contributed by atoms with van der Waals surface area (Å²) in [6, 6.07) is 9.00. The first kappa shape index (κ1) is 20.2. The van der Waals surface area contributed by atoms with E-state index in [1.807, 2.05) is 39.8 Å². The minimum atomic E-state index is -0.813. The summed E-state index contributed by atoms with van der Waals surface area (Å²) in [7, 11) is 0. The van der Waals surface area contributed by atoms with Gasteiger partial charge in [-0.2, -0.15) is 9.94 Å². The van der Waals surface area contributed by atoms with E-state index in [0.29, 0.717) is 12.1 Å². The third-order valence-corrected chi connectivity index (χ3v) is 5.58. The van der Waals surface area contributed by atoms with Gasteiger partial charge >= 0.3 is 5.69 Å². The highest BCUT2D eigenvalue weighted by Crippen LogP contribution is 2.36. The lowest BCUT2D eigenvalue weighted by atomic mass is 9.90. The van der Waals surface area contributed by atoms with Crippen LogP contribution in [0.3, 0.4) is 0 Å². The van der Waals surface area contributed by atoms with Crippen LogP contribution in [0.15, 0.2) is 33.9 Å². The van der Waals surface area contributed by atoms with Crippen molar-refractivity contribution >= 4 is 11.6 Å². The number of aromatic nitrogens is 4. The fraction of sp³-hybridized carbons (Fsp3) is 0.273. The highest BCUT2D eigenvalue weighted by Gasteiger charge is 2.40. The van der Waals surface area contributed by atoms with Crippen molar-refractivity contribution < 1.29 is 4.79 Å². The number of fused-ring (bicyclic) bond motifs is 1. The number of nitrogens with one attached hydrogen (secondary N) is 2. The van der Waals surface area contributed by atoms with Gasteiger partial charge in [-0.3, -0.25) is 19.6 Å². The molecule has 31 heavy (non-hydrogen) atoms. The van der Waals surface area contributed by atoms with Crippen molar-refractivity contribution in [3.8, 4) is 11.8 Å². The molecule has 3 heterocycles. The number of benzene rings is 1. The predicted molar refractivity (Wildman–Crippen MR) is 113 cm³/mol. The van der Waals surface area contributed by atoms with E-state index < -0.39 is 16.7 Å². The SMILES string of the molecule is Cc1cc(-n2nc(C#N)c(=O)[nH]c2=O)cc(C)c1Cc1ccc2c(n1)C(C)(C)C(=O)N2. The van der Waals surface area contributed by atoms with Crippen molar-refractivity contribution in [1.82, 2.24) is 19.7 Å². The van der Waals surface area contributed by atoms with Gasteiger partial charge in [0.1, 0.15) is 6.07 Å². The van der Waals surface area contributed by atoms with Crippen LogP contribution in [0, 0.1) is 25.2 Å². The van der Waals surface area contributed by atoms with Gasteiger partial charge in [0, 0.05) is 12.1 Å². The Labute approximate surface area is 177 Å². The highest BCUT2D eigenvalue weighted by atomic mass is 16.2. The lowest BCUT2D eigenvalue weighted by Gasteiger charge is -2.16. The van der Waals surface area contributed by atoms with E-state index in [-0.39, 0.29) is 11.6 Å². The zero-order valence-corrected chi connectivity index (χ0v) is 17.5. The average molecular weight is 416 g/mol. The number of aryl methyl sites for hydroxylation is 2. The first-order valence-corrected chi connectivity index (χ1v) is 9.68. The van der Waals surface area contributed by atoms with Crippen molar-refractivity contribution in [2.45, 2.75) is 39.5 Å².